The lowest BCUT2D eigenvalue weighted by Gasteiger charge is -2.16. The van der Waals surface area contributed by atoms with E-state index in [9.17, 15) is 17.6 Å². The summed E-state index contributed by atoms with van der Waals surface area (Å²) in [5.74, 6) is -0.488. The highest BCUT2D eigenvalue weighted by atomic mass is 32.2. The standard InChI is InChI=1S/C18H19FN2O3S/c1-2-20-17(22)18(11-12-18)13-3-7-15(8-4-13)21-25(23,24)16-9-5-14(19)6-10-16/h3-10,21H,2,11-12H2,1H3,(H,20,22). The van der Waals surface area contributed by atoms with E-state index < -0.39 is 21.3 Å². The minimum atomic E-state index is -3.78. The first-order chi connectivity index (χ1) is 11.9. The largest absolute Gasteiger partial charge is 0.356 e. The molecule has 0 atom stereocenters. The van der Waals surface area contributed by atoms with Crippen molar-refractivity contribution in [2.24, 2.45) is 0 Å². The molecule has 0 bridgehead atoms. The van der Waals surface area contributed by atoms with Crippen LogP contribution in [-0.2, 0) is 20.2 Å². The maximum Gasteiger partial charge on any atom is 0.261 e. The molecule has 1 aliphatic rings. The normalized spacial score (nSPS) is 15.4. The Kier molecular flexibility index (Phi) is 4.51. The fourth-order valence-electron chi connectivity index (χ4n) is 2.79. The van der Waals surface area contributed by atoms with Crippen LogP contribution in [0.5, 0.6) is 0 Å². The summed E-state index contributed by atoms with van der Waals surface area (Å²) in [6, 6.07) is 11.4. The minimum absolute atomic E-state index is 0.00893. The molecule has 2 N–H and O–H groups in total. The van der Waals surface area contributed by atoms with Crippen LogP contribution in [-0.4, -0.2) is 20.9 Å². The Morgan fingerprint density at radius 2 is 1.68 bits per heavy atom. The number of halogens is 1. The quantitative estimate of drug-likeness (QED) is 0.830. The molecule has 25 heavy (non-hydrogen) atoms. The molecule has 1 amide bonds. The van der Waals surface area contributed by atoms with Gasteiger partial charge in [0.05, 0.1) is 10.3 Å². The van der Waals surface area contributed by atoms with Crippen LogP contribution in [0, 0.1) is 5.82 Å². The first-order valence-corrected chi connectivity index (χ1v) is 9.53. The summed E-state index contributed by atoms with van der Waals surface area (Å²) in [6.07, 6.45) is 1.58. The van der Waals surface area contributed by atoms with Crippen molar-refractivity contribution >= 4 is 21.6 Å². The van der Waals surface area contributed by atoms with Crippen molar-refractivity contribution in [2.75, 3.05) is 11.3 Å². The van der Waals surface area contributed by atoms with Gasteiger partial charge >= 0.3 is 0 Å². The SMILES string of the molecule is CCNC(=O)C1(c2ccc(NS(=O)(=O)c3ccc(F)cc3)cc2)CC1. The molecule has 2 aromatic rings. The number of hydrogen-bond acceptors (Lipinski definition) is 3. The second kappa shape index (κ2) is 6.48. The van der Waals surface area contributed by atoms with Gasteiger partial charge in [-0.15, -0.1) is 0 Å². The van der Waals surface area contributed by atoms with Gasteiger partial charge in [-0.2, -0.15) is 0 Å². The van der Waals surface area contributed by atoms with E-state index in [0.717, 1.165) is 30.5 Å². The zero-order chi connectivity index (χ0) is 18.1. The van der Waals surface area contributed by atoms with Gasteiger partial charge in [-0.3, -0.25) is 9.52 Å². The third-order valence-corrected chi connectivity index (χ3v) is 5.73. The Hall–Kier alpha value is -2.41. The zero-order valence-electron chi connectivity index (χ0n) is 13.8. The van der Waals surface area contributed by atoms with Gasteiger partial charge in [0.25, 0.3) is 10.0 Å². The van der Waals surface area contributed by atoms with E-state index in [-0.39, 0.29) is 10.8 Å². The van der Waals surface area contributed by atoms with Crippen molar-refractivity contribution in [3.8, 4) is 0 Å². The highest BCUT2D eigenvalue weighted by molar-refractivity contribution is 7.92. The van der Waals surface area contributed by atoms with Gasteiger partial charge in [-0.1, -0.05) is 12.1 Å². The van der Waals surface area contributed by atoms with Crippen LogP contribution in [0.25, 0.3) is 0 Å². The highest BCUT2D eigenvalue weighted by Gasteiger charge is 2.50. The summed E-state index contributed by atoms with van der Waals surface area (Å²) in [5.41, 5.74) is 0.785. The van der Waals surface area contributed by atoms with Gasteiger partial charge < -0.3 is 5.32 Å². The van der Waals surface area contributed by atoms with Crippen LogP contribution >= 0.6 is 0 Å². The molecule has 2 aromatic carbocycles. The van der Waals surface area contributed by atoms with Crippen LogP contribution in [0.15, 0.2) is 53.4 Å². The molecule has 0 aliphatic heterocycles. The van der Waals surface area contributed by atoms with Crippen molar-refractivity contribution in [1.29, 1.82) is 0 Å². The fourth-order valence-corrected chi connectivity index (χ4v) is 3.85. The Bertz CT molecular complexity index is 874. The predicted molar refractivity (Wildman–Crippen MR) is 93.2 cm³/mol. The van der Waals surface area contributed by atoms with Crippen molar-refractivity contribution in [2.45, 2.75) is 30.1 Å². The summed E-state index contributed by atoms with van der Waals surface area (Å²) in [4.78, 5) is 12.2. The lowest BCUT2D eigenvalue weighted by atomic mass is 9.95. The van der Waals surface area contributed by atoms with Gasteiger partial charge in [0.2, 0.25) is 5.91 Å². The molecule has 0 unspecified atom stereocenters. The Morgan fingerprint density at radius 1 is 1.08 bits per heavy atom. The topological polar surface area (TPSA) is 75.3 Å². The molecule has 3 rings (SSSR count). The number of carbonyl (C=O) groups is 1. The Morgan fingerprint density at radius 3 is 2.20 bits per heavy atom. The molecular formula is C18H19FN2O3S. The number of rotatable bonds is 6. The van der Waals surface area contributed by atoms with Crippen LogP contribution in [0.2, 0.25) is 0 Å². The van der Waals surface area contributed by atoms with Crippen LogP contribution in [0.4, 0.5) is 10.1 Å². The van der Waals surface area contributed by atoms with E-state index in [1.54, 1.807) is 24.3 Å². The molecule has 1 aliphatic carbocycles. The Balaban J connectivity index is 1.77. The zero-order valence-corrected chi connectivity index (χ0v) is 14.6. The summed E-state index contributed by atoms with van der Waals surface area (Å²) >= 11 is 0. The van der Waals surface area contributed by atoms with Crippen molar-refractivity contribution in [3.05, 3.63) is 59.9 Å². The van der Waals surface area contributed by atoms with E-state index in [2.05, 4.69) is 10.0 Å². The molecule has 0 spiro atoms. The molecular weight excluding hydrogens is 343 g/mol. The summed E-state index contributed by atoms with van der Waals surface area (Å²) in [7, 11) is -3.78. The molecule has 0 radical (unpaired) electrons. The maximum atomic E-state index is 12.9. The number of sulfonamides is 1. The predicted octanol–water partition coefficient (Wildman–Crippen LogP) is 2.79. The number of carbonyl (C=O) groups excluding carboxylic acids is 1. The number of anilines is 1. The summed E-state index contributed by atoms with van der Waals surface area (Å²) < 4.78 is 40.0. The molecule has 0 heterocycles. The molecule has 0 aromatic heterocycles. The second-order valence-electron chi connectivity index (χ2n) is 6.08. The van der Waals surface area contributed by atoms with Gasteiger partial charge in [0.15, 0.2) is 0 Å². The van der Waals surface area contributed by atoms with Crippen LogP contribution in [0.1, 0.15) is 25.3 Å². The van der Waals surface area contributed by atoms with Crippen molar-refractivity contribution in [1.82, 2.24) is 5.32 Å². The van der Waals surface area contributed by atoms with Crippen molar-refractivity contribution in [3.63, 3.8) is 0 Å². The van der Waals surface area contributed by atoms with E-state index in [4.69, 9.17) is 0 Å². The van der Waals surface area contributed by atoms with E-state index >= 15 is 0 Å². The summed E-state index contributed by atoms with van der Waals surface area (Å²) in [6.45, 7) is 2.46. The maximum absolute atomic E-state index is 12.9. The molecule has 7 heteroatoms. The summed E-state index contributed by atoms with van der Waals surface area (Å²) in [5, 5.41) is 2.84. The lowest BCUT2D eigenvalue weighted by molar-refractivity contribution is -0.123. The number of benzene rings is 2. The molecule has 1 fully saturated rings. The lowest BCUT2D eigenvalue weighted by Crippen LogP contribution is -2.34. The van der Waals surface area contributed by atoms with Gasteiger partial charge in [0.1, 0.15) is 5.82 Å². The van der Waals surface area contributed by atoms with Crippen LogP contribution in [0.3, 0.4) is 0 Å². The molecule has 1 saturated carbocycles. The number of amides is 1. The van der Waals surface area contributed by atoms with E-state index in [1.807, 2.05) is 6.92 Å². The third kappa shape index (κ3) is 3.51. The smallest absolute Gasteiger partial charge is 0.261 e. The molecule has 5 nitrogen and oxygen atoms in total. The van der Waals surface area contributed by atoms with E-state index in [0.29, 0.717) is 12.2 Å². The molecule has 0 saturated heterocycles. The average molecular weight is 362 g/mol. The number of likely N-dealkylation sites (N-methyl/N-ethyl adjacent to an activating group) is 1. The van der Waals surface area contributed by atoms with Gasteiger partial charge in [-0.05, 0) is 61.7 Å². The van der Waals surface area contributed by atoms with Crippen molar-refractivity contribution < 1.29 is 17.6 Å². The number of hydrogen-bond donors (Lipinski definition) is 2. The van der Waals surface area contributed by atoms with Gasteiger partial charge in [-0.25, -0.2) is 12.8 Å². The average Bonchev–Trinajstić information content (AvgIpc) is 3.38. The monoisotopic (exact) mass is 362 g/mol. The second-order valence-corrected chi connectivity index (χ2v) is 7.76. The fraction of sp³-hybridized carbons (Fsp3) is 0.278. The third-order valence-electron chi connectivity index (χ3n) is 4.34. The Labute approximate surface area is 146 Å². The molecule has 132 valence electrons. The number of nitrogens with one attached hydrogen (secondary N) is 2. The van der Waals surface area contributed by atoms with Crippen LogP contribution < -0.4 is 10.0 Å². The van der Waals surface area contributed by atoms with E-state index in [1.165, 1.54) is 12.1 Å². The first kappa shape index (κ1) is 17.4. The first-order valence-electron chi connectivity index (χ1n) is 8.05. The van der Waals surface area contributed by atoms with Gasteiger partial charge in [0, 0.05) is 12.2 Å². The highest BCUT2D eigenvalue weighted by Crippen LogP contribution is 2.48. The minimum Gasteiger partial charge on any atom is -0.356 e.